The van der Waals surface area contributed by atoms with Gasteiger partial charge in [-0.25, -0.2) is 0 Å². The minimum atomic E-state index is 0.0444. The van der Waals surface area contributed by atoms with E-state index in [1.807, 2.05) is 31.0 Å². The quantitative estimate of drug-likeness (QED) is 0.760. The van der Waals surface area contributed by atoms with Gasteiger partial charge >= 0.3 is 0 Å². The Balaban J connectivity index is 2.16. The van der Waals surface area contributed by atoms with Gasteiger partial charge in [0.05, 0.1) is 6.04 Å². The van der Waals surface area contributed by atoms with Crippen LogP contribution < -0.4 is 0 Å². The van der Waals surface area contributed by atoms with Crippen LogP contribution in [0.3, 0.4) is 0 Å². The summed E-state index contributed by atoms with van der Waals surface area (Å²) in [5.41, 5.74) is 5.46. The van der Waals surface area contributed by atoms with E-state index in [1.54, 1.807) is 0 Å². The molecule has 0 aromatic heterocycles. The fourth-order valence-electron chi connectivity index (χ4n) is 2.86. The molecule has 2 aromatic rings. The van der Waals surface area contributed by atoms with Gasteiger partial charge < -0.3 is 4.90 Å². The number of benzene rings is 2. The standard InChI is InChI=1S/C17H17NO/c1-11-7-9-13(10-8-11)16-14-6-4-5-12(2)15(14)17(19)18(16)3/h4-10,16H,1-3H3. The van der Waals surface area contributed by atoms with Crippen LogP contribution in [0, 0.1) is 13.8 Å². The second-order valence-electron chi connectivity index (χ2n) is 5.27. The predicted molar refractivity (Wildman–Crippen MR) is 76.3 cm³/mol. The second kappa shape index (κ2) is 4.23. The highest BCUT2D eigenvalue weighted by Crippen LogP contribution is 2.38. The molecule has 96 valence electrons. The van der Waals surface area contributed by atoms with Crippen molar-refractivity contribution in [2.24, 2.45) is 0 Å². The van der Waals surface area contributed by atoms with Crippen molar-refractivity contribution in [2.45, 2.75) is 19.9 Å². The molecule has 2 aromatic carbocycles. The molecule has 0 spiro atoms. The summed E-state index contributed by atoms with van der Waals surface area (Å²) in [5, 5.41) is 0. The Labute approximate surface area is 113 Å². The number of hydrogen-bond donors (Lipinski definition) is 0. The second-order valence-corrected chi connectivity index (χ2v) is 5.27. The van der Waals surface area contributed by atoms with Crippen LogP contribution in [0.5, 0.6) is 0 Å². The number of amides is 1. The van der Waals surface area contributed by atoms with Crippen LogP contribution in [0.15, 0.2) is 42.5 Å². The lowest BCUT2D eigenvalue weighted by Gasteiger charge is -2.21. The van der Waals surface area contributed by atoms with Gasteiger partial charge in [-0.1, -0.05) is 48.0 Å². The molecule has 19 heavy (non-hydrogen) atoms. The molecule has 0 saturated heterocycles. The van der Waals surface area contributed by atoms with Crippen molar-refractivity contribution in [3.05, 3.63) is 70.3 Å². The van der Waals surface area contributed by atoms with Gasteiger partial charge in [0.15, 0.2) is 0 Å². The lowest BCUT2D eigenvalue weighted by atomic mass is 9.95. The van der Waals surface area contributed by atoms with Crippen LogP contribution in [0.25, 0.3) is 0 Å². The van der Waals surface area contributed by atoms with E-state index >= 15 is 0 Å². The Morgan fingerprint density at radius 2 is 1.68 bits per heavy atom. The third-order valence-corrected chi connectivity index (χ3v) is 3.91. The summed E-state index contributed by atoms with van der Waals surface area (Å²) in [4.78, 5) is 14.2. The van der Waals surface area contributed by atoms with Gasteiger partial charge in [0.1, 0.15) is 0 Å². The number of hydrogen-bond acceptors (Lipinski definition) is 1. The highest BCUT2D eigenvalue weighted by atomic mass is 16.2. The molecule has 1 amide bonds. The Hall–Kier alpha value is -2.09. The molecule has 0 radical (unpaired) electrons. The van der Waals surface area contributed by atoms with Gasteiger partial charge in [-0.2, -0.15) is 0 Å². The van der Waals surface area contributed by atoms with E-state index < -0.39 is 0 Å². The van der Waals surface area contributed by atoms with Crippen LogP contribution in [0.4, 0.5) is 0 Å². The van der Waals surface area contributed by atoms with E-state index in [9.17, 15) is 4.79 Å². The fourth-order valence-corrected chi connectivity index (χ4v) is 2.86. The first-order chi connectivity index (χ1) is 9.09. The van der Waals surface area contributed by atoms with Crippen molar-refractivity contribution in [3.8, 4) is 0 Å². The molecule has 2 nitrogen and oxygen atoms in total. The molecule has 1 unspecified atom stereocenters. The first-order valence-corrected chi connectivity index (χ1v) is 6.53. The molecule has 1 aliphatic heterocycles. The number of rotatable bonds is 1. The summed E-state index contributed by atoms with van der Waals surface area (Å²) in [6.45, 7) is 4.08. The van der Waals surface area contributed by atoms with Gasteiger partial charge in [0.25, 0.3) is 5.91 Å². The molecule has 1 aliphatic rings. The van der Waals surface area contributed by atoms with E-state index in [1.165, 1.54) is 11.1 Å². The summed E-state index contributed by atoms with van der Waals surface area (Å²) < 4.78 is 0. The maximum absolute atomic E-state index is 12.4. The van der Waals surface area contributed by atoms with Crippen LogP contribution in [0.2, 0.25) is 0 Å². The minimum Gasteiger partial charge on any atom is -0.331 e. The SMILES string of the molecule is Cc1ccc(C2c3cccc(C)c3C(=O)N2C)cc1. The third kappa shape index (κ3) is 1.75. The molecular formula is C17H17NO. The van der Waals surface area contributed by atoms with E-state index in [0.717, 1.165) is 16.7 Å². The van der Waals surface area contributed by atoms with Gasteiger partial charge in [-0.3, -0.25) is 4.79 Å². The molecule has 3 rings (SSSR count). The lowest BCUT2D eigenvalue weighted by molar-refractivity contribution is 0.0793. The van der Waals surface area contributed by atoms with E-state index in [-0.39, 0.29) is 11.9 Å². The third-order valence-electron chi connectivity index (χ3n) is 3.91. The van der Waals surface area contributed by atoms with Gasteiger partial charge in [0, 0.05) is 12.6 Å². The zero-order chi connectivity index (χ0) is 13.6. The van der Waals surface area contributed by atoms with Crippen LogP contribution in [-0.2, 0) is 0 Å². The average molecular weight is 251 g/mol. The molecule has 0 aliphatic carbocycles. The lowest BCUT2D eigenvalue weighted by Crippen LogP contribution is -2.23. The molecule has 1 heterocycles. The number of carbonyl (C=O) groups excluding carboxylic acids is 1. The predicted octanol–water partition coefficient (Wildman–Crippen LogP) is 3.48. The van der Waals surface area contributed by atoms with Crippen LogP contribution >= 0.6 is 0 Å². The van der Waals surface area contributed by atoms with Gasteiger partial charge in [0.2, 0.25) is 0 Å². The summed E-state index contributed by atoms with van der Waals surface area (Å²) in [5.74, 6) is 0.124. The van der Waals surface area contributed by atoms with E-state index in [2.05, 4.69) is 37.3 Å². The molecular weight excluding hydrogens is 234 g/mol. The largest absolute Gasteiger partial charge is 0.331 e. The van der Waals surface area contributed by atoms with Crippen LogP contribution in [-0.4, -0.2) is 17.9 Å². The maximum Gasteiger partial charge on any atom is 0.255 e. The molecule has 1 atom stereocenters. The minimum absolute atomic E-state index is 0.0444. The molecule has 2 heteroatoms. The smallest absolute Gasteiger partial charge is 0.255 e. The summed E-state index contributed by atoms with van der Waals surface area (Å²) in [6.07, 6.45) is 0. The molecule has 0 N–H and O–H groups in total. The zero-order valence-corrected chi connectivity index (χ0v) is 11.5. The number of aryl methyl sites for hydroxylation is 2. The Morgan fingerprint density at radius 3 is 2.37 bits per heavy atom. The molecule has 0 fully saturated rings. The van der Waals surface area contributed by atoms with Crippen molar-refractivity contribution in [2.75, 3.05) is 7.05 Å². The number of fused-ring (bicyclic) bond motifs is 1. The summed E-state index contributed by atoms with van der Waals surface area (Å²) in [7, 11) is 1.88. The van der Waals surface area contributed by atoms with Crippen molar-refractivity contribution in [3.63, 3.8) is 0 Å². The van der Waals surface area contributed by atoms with Crippen molar-refractivity contribution >= 4 is 5.91 Å². The summed E-state index contributed by atoms with van der Waals surface area (Å²) in [6, 6.07) is 14.6. The Bertz CT molecular complexity index is 643. The van der Waals surface area contributed by atoms with Crippen molar-refractivity contribution < 1.29 is 4.79 Å². The maximum atomic E-state index is 12.4. The first kappa shape index (κ1) is 12.0. The first-order valence-electron chi connectivity index (χ1n) is 6.53. The number of carbonyl (C=O) groups is 1. The summed E-state index contributed by atoms with van der Waals surface area (Å²) >= 11 is 0. The van der Waals surface area contributed by atoms with Crippen molar-refractivity contribution in [1.29, 1.82) is 0 Å². The fraction of sp³-hybridized carbons (Fsp3) is 0.235. The van der Waals surface area contributed by atoms with Crippen LogP contribution in [0.1, 0.15) is 38.7 Å². The van der Waals surface area contributed by atoms with E-state index in [0.29, 0.717) is 0 Å². The van der Waals surface area contributed by atoms with Gasteiger partial charge in [-0.05, 0) is 30.5 Å². The molecule has 0 saturated carbocycles. The van der Waals surface area contributed by atoms with E-state index in [4.69, 9.17) is 0 Å². The highest BCUT2D eigenvalue weighted by molar-refractivity contribution is 6.00. The zero-order valence-electron chi connectivity index (χ0n) is 11.5. The number of nitrogens with zero attached hydrogens (tertiary/aromatic N) is 1. The Kier molecular flexibility index (Phi) is 2.67. The normalized spacial score (nSPS) is 17.7. The van der Waals surface area contributed by atoms with Gasteiger partial charge in [-0.15, -0.1) is 0 Å². The average Bonchev–Trinajstić information content (AvgIpc) is 2.65. The highest BCUT2D eigenvalue weighted by Gasteiger charge is 2.35. The topological polar surface area (TPSA) is 20.3 Å². The van der Waals surface area contributed by atoms with Crippen molar-refractivity contribution in [1.82, 2.24) is 4.90 Å². The Morgan fingerprint density at radius 1 is 1.00 bits per heavy atom. The monoisotopic (exact) mass is 251 g/mol. The molecule has 0 bridgehead atoms.